The van der Waals surface area contributed by atoms with Gasteiger partial charge in [-0.1, -0.05) is 0 Å². The van der Waals surface area contributed by atoms with Gasteiger partial charge in [0.15, 0.2) is 17.6 Å². The number of carbonyl (C=O) groups is 1. The summed E-state index contributed by atoms with van der Waals surface area (Å²) in [6, 6.07) is 3.82. The van der Waals surface area contributed by atoms with Crippen LogP contribution in [0.5, 0.6) is 0 Å². The topological polar surface area (TPSA) is 75.9 Å². The van der Waals surface area contributed by atoms with Crippen LogP contribution >= 0.6 is 0 Å². The van der Waals surface area contributed by atoms with Crippen LogP contribution in [0.1, 0.15) is 18.7 Å². The molecule has 8 heteroatoms. The van der Waals surface area contributed by atoms with Crippen LogP contribution in [-0.2, 0) is 9.53 Å². The summed E-state index contributed by atoms with van der Waals surface area (Å²) >= 11 is 0. The van der Waals surface area contributed by atoms with Crippen molar-refractivity contribution in [2.24, 2.45) is 0 Å². The van der Waals surface area contributed by atoms with Gasteiger partial charge < -0.3 is 14.5 Å². The van der Waals surface area contributed by atoms with Gasteiger partial charge in [0, 0.05) is 19.6 Å². The lowest BCUT2D eigenvalue weighted by Crippen LogP contribution is -2.50. The highest BCUT2D eigenvalue weighted by Crippen LogP contribution is 2.18. The summed E-state index contributed by atoms with van der Waals surface area (Å²) in [5.41, 5.74) is 0.726. The molecule has 122 valence electrons. The van der Waals surface area contributed by atoms with Gasteiger partial charge >= 0.3 is 0 Å². The van der Waals surface area contributed by atoms with Gasteiger partial charge in [0.1, 0.15) is 5.82 Å². The maximum absolute atomic E-state index is 12.5. The van der Waals surface area contributed by atoms with Gasteiger partial charge in [0.2, 0.25) is 0 Å². The maximum atomic E-state index is 12.5. The fourth-order valence-corrected chi connectivity index (χ4v) is 3.20. The van der Waals surface area contributed by atoms with E-state index in [0.717, 1.165) is 49.8 Å². The molecule has 1 atom stereocenters. The van der Waals surface area contributed by atoms with E-state index in [4.69, 9.17) is 4.74 Å². The first-order chi connectivity index (χ1) is 11.2. The molecule has 0 aromatic carbocycles. The second-order valence-electron chi connectivity index (χ2n) is 6.05. The van der Waals surface area contributed by atoms with Gasteiger partial charge in [-0.05, 0) is 31.9 Å². The monoisotopic (exact) mass is 316 g/mol. The summed E-state index contributed by atoms with van der Waals surface area (Å²) in [6.07, 6.45) is 1.78. The van der Waals surface area contributed by atoms with Crippen LogP contribution in [0.4, 0.5) is 5.82 Å². The first-order valence-corrected chi connectivity index (χ1v) is 8.07. The molecule has 1 unspecified atom stereocenters. The minimum Gasteiger partial charge on any atom is -0.365 e. The van der Waals surface area contributed by atoms with Crippen LogP contribution in [0.15, 0.2) is 12.1 Å². The van der Waals surface area contributed by atoms with Crippen molar-refractivity contribution in [3.8, 4) is 0 Å². The van der Waals surface area contributed by atoms with Crippen LogP contribution in [0.2, 0.25) is 0 Å². The second-order valence-corrected chi connectivity index (χ2v) is 6.05. The zero-order valence-corrected chi connectivity index (χ0v) is 13.2. The third-order valence-electron chi connectivity index (χ3n) is 4.49. The molecule has 2 aromatic rings. The van der Waals surface area contributed by atoms with Crippen LogP contribution in [0.25, 0.3) is 5.65 Å². The summed E-state index contributed by atoms with van der Waals surface area (Å²) in [5, 5.41) is 12.7. The number of aromatic nitrogens is 4. The Morgan fingerprint density at radius 2 is 2.04 bits per heavy atom. The number of carbonyl (C=O) groups excluding carboxylic acids is 1. The highest BCUT2D eigenvalue weighted by atomic mass is 16.5. The molecule has 2 aromatic heterocycles. The van der Waals surface area contributed by atoms with Crippen molar-refractivity contribution in [1.82, 2.24) is 24.7 Å². The number of anilines is 1. The number of likely N-dealkylation sites (tertiary alicyclic amines) is 1. The Morgan fingerprint density at radius 1 is 1.22 bits per heavy atom. The Morgan fingerprint density at radius 3 is 2.87 bits per heavy atom. The molecule has 1 amide bonds. The van der Waals surface area contributed by atoms with Gasteiger partial charge in [-0.3, -0.25) is 4.79 Å². The Labute approximate surface area is 134 Å². The van der Waals surface area contributed by atoms with E-state index in [2.05, 4.69) is 20.2 Å². The van der Waals surface area contributed by atoms with Crippen molar-refractivity contribution < 1.29 is 9.53 Å². The predicted octanol–water partition coefficient (Wildman–Crippen LogP) is 0.260. The zero-order chi connectivity index (χ0) is 15.8. The summed E-state index contributed by atoms with van der Waals surface area (Å²) in [6.45, 7) is 5.37. The average molecular weight is 316 g/mol. The molecular formula is C15H20N6O2. The number of morpholine rings is 1. The van der Waals surface area contributed by atoms with E-state index in [1.165, 1.54) is 0 Å². The number of aryl methyl sites for hydroxylation is 1. The molecule has 4 rings (SSSR count). The quantitative estimate of drug-likeness (QED) is 0.791. The van der Waals surface area contributed by atoms with Crippen molar-refractivity contribution in [1.29, 1.82) is 0 Å². The van der Waals surface area contributed by atoms with Gasteiger partial charge in [-0.15, -0.1) is 15.3 Å². The molecule has 2 aliphatic rings. The first kappa shape index (κ1) is 14.4. The fraction of sp³-hybridized carbons (Fsp3) is 0.600. The van der Waals surface area contributed by atoms with E-state index < -0.39 is 6.10 Å². The molecule has 2 fully saturated rings. The van der Waals surface area contributed by atoms with E-state index in [9.17, 15) is 4.79 Å². The third-order valence-corrected chi connectivity index (χ3v) is 4.49. The number of nitrogens with zero attached hydrogens (tertiary/aromatic N) is 6. The van der Waals surface area contributed by atoms with E-state index in [1.807, 2.05) is 24.0 Å². The molecule has 0 N–H and O–H groups in total. The molecule has 0 aliphatic carbocycles. The Bertz CT molecular complexity index is 724. The molecular weight excluding hydrogens is 296 g/mol. The minimum atomic E-state index is -0.402. The van der Waals surface area contributed by atoms with Crippen molar-refractivity contribution in [3.63, 3.8) is 0 Å². The van der Waals surface area contributed by atoms with Gasteiger partial charge in [0.25, 0.3) is 5.91 Å². The van der Waals surface area contributed by atoms with Crippen LogP contribution in [-0.4, -0.2) is 69.5 Å². The SMILES string of the molecule is Cc1nnc2ccc(N3CCOC(C(=O)N4CCCC4)C3)nn12. The number of ether oxygens (including phenoxy) is 1. The fourth-order valence-electron chi connectivity index (χ4n) is 3.20. The molecule has 2 saturated heterocycles. The van der Waals surface area contributed by atoms with Crippen molar-refractivity contribution in [2.75, 3.05) is 37.7 Å². The number of amides is 1. The van der Waals surface area contributed by atoms with Crippen molar-refractivity contribution in [3.05, 3.63) is 18.0 Å². The summed E-state index contributed by atoms with van der Waals surface area (Å²) in [7, 11) is 0. The molecule has 4 heterocycles. The van der Waals surface area contributed by atoms with E-state index in [0.29, 0.717) is 13.2 Å². The molecule has 0 saturated carbocycles. The van der Waals surface area contributed by atoms with Crippen LogP contribution < -0.4 is 4.90 Å². The Kier molecular flexibility index (Phi) is 3.60. The summed E-state index contributed by atoms with van der Waals surface area (Å²) < 4.78 is 7.43. The van der Waals surface area contributed by atoms with Crippen molar-refractivity contribution in [2.45, 2.75) is 25.9 Å². The molecule has 8 nitrogen and oxygen atoms in total. The summed E-state index contributed by atoms with van der Waals surface area (Å²) in [5.74, 6) is 1.68. The van der Waals surface area contributed by atoms with E-state index in [1.54, 1.807) is 4.52 Å². The number of hydrogen-bond acceptors (Lipinski definition) is 6. The van der Waals surface area contributed by atoms with E-state index in [-0.39, 0.29) is 5.91 Å². The summed E-state index contributed by atoms with van der Waals surface area (Å²) in [4.78, 5) is 16.5. The maximum Gasteiger partial charge on any atom is 0.253 e. The van der Waals surface area contributed by atoms with Gasteiger partial charge in [-0.2, -0.15) is 4.52 Å². The standard InChI is InChI=1S/C15H20N6O2/c1-11-16-17-13-4-5-14(18-21(11)13)20-8-9-23-12(10-20)15(22)19-6-2-3-7-19/h4-5,12H,2-3,6-10H2,1H3. The molecule has 23 heavy (non-hydrogen) atoms. The highest BCUT2D eigenvalue weighted by molar-refractivity contribution is 5.82. The lowest BCUT2D eigenvalue weighted by atomic mass is 10.2. The molecule has 0 spiro atoms. The number of fused-ring (bicyclic) bond motifs is 1. The normalized spacial score (nSPS) is 22.0. The highest BCUT2D eigenvalue weighted by Gasteiger charge is 2.32. The lowest BCUT2D eigenvalue weighted by molar-refractivity contribution is -0.143. The third kappa shape index (κ3) is 2.63. The van der Waals surface area contributed by atoms with Crippen LogP contribution in [0.3, 0.4) is 0 Å². The lowest BCUT2D eigenvalue weighted by Gasteiger charge is -2.34. The molecule has 2 aliphatic heterocycles. The van der Waals surface area contributed by atoms with Gasteiger partial charge in [-0.25, -0.2) is 0 Å². The minimum absolute atomic E-state index is 0.105. The first-order valence-electron chi connectivity index (χ1n) is 8.07. The Balaban J connectivity index is 1.53. The average Bonchev–Trinajstić information content (AvgIpc) is 3.25. The molecule has 0 bridgehead atoms. The smallest absolute Gasteiger partial charge is 0.253 e. The number of rotatable bonds is 2. The molecule has 0 radical (unpaired) electrons. The largest absolute Gasteiger partial charge is 0.365 e. The van der Waals surface area contributed by atoms with Crippen molar-refractivity contribution >= 4 is 17.4 Å². The van der Waals surface area contributed by atoms with Gasteiger partial charge in [0.05, 0.1) is 13.2 Å². The van der Waals surface area contributed by atoms with Crippen LogP contribution in [0, 0.1) is 6.92 Å². The predicted molar refractivity (Wildman–Crippen MR) is 83.3 cm³/mol. The zero-order valence-electron chi connectivity index (χ0n) is 13.2. The number of hydrogen-bond donors (Lipinski definition) is 0. The Hall–Kier alpha value is -2.22. The van der Waals surface area contributed by atoms with E-state index >= 15 is 0 Å². The second kappa shape index (κ2) is 5.77.